The molecule has 21 heavy (non-hydrogen) atoms. The van der Waals surface area contributed by atoms with Crippen LogP contribution in [0.25, 0.3) is 0 Å². The van der Waals surface area contributed by atoms with E-state index in [0.29, 0.717) is 6.04 Å². The summed E-state index contributed by atoms with van der Waals surface area (Å²) in [6.45, 7) is 4.75. The Morgan fingerprint density at radius 1 is 1.10 bits per heavy atom. The van der Waals surface area contributed by atoms with E-state index in [0.717, 1.165) is 24.3 Å². The highest BCUT2D eigenvalue weighted by Crippen LogP contribution is 2.35. The Morgan fingerprint density at radius 3 is 2.29 bits per heavy atom. The summed E-state index contributed by atoms with van der Waals surface area (Å²) < 4.78 is 0. The number of hydrogen-bond donors (Lipinski definition) is 1. The van der Waals surface area contributed by atoms with E-state index in [4.69, 9.17) is 0 Å². The fourth-order valence-corrected chi connectivity index (χ4v) is 4.36. The van der Waals surface area contributed by atoms with Crippen LogP contribution >= 0.6 is 24.0 Å². The van der Waals surface area contributed by atoms with Gasteiger partial charge in [0.15, 0.2) is 5.96 Å². The molecule has 1 saturated carbocycles. The quantitative estimate of drug-likeness (QED) is 0.434. The second-order valence-electron chi connectivity index (χ2n) is 6.91. The highest BCUT2D eigenvalue weighted by molar-refractivity contribution is 14.0. The normalized spacial score (nSPS) is 33.7. The first-order chi connectivity index (χ1) is 9.78. The number of nitrogens with one attached hydrogen (secondary N) is 1. The maximum atomic E-state index is 4.53. The number of likely N-dealkylation sites (N-methyl/N-ethyl adjacent to an activating group) is 1. The van der Waals surface area contributed by atoms with Crippen LogP contribution in [-0.2, 0) is 0 Å². The third kappa shape index (κ3) is 4.03. The van der Waals surface area contributed by atoms with E-state index >= 15 is 0 Å². The number of hydrogen-bond acceptors (Lipinski definition) is 2. The van der Waals surface area contributed by atoms with E-state index in [2.05, 4.69) is 27.2 Å². The number of nitrogens with zero attached hydrogens (tertiary/aromatic N) is 3. The van der Waals surface area contributed by atoms with Crippen molar-refractivity contribution in [2.75, 3.05) is 40.3 Å². The van der Waals surface area contributed by atoms with E-state index < -0.39 is 0 Å². The zero-order valence-electron chi connectivity index (χ0n) is 13.6. The lowest BCUT2D eigenvalue weighted by Gasteiger charge is -2.25. The van der Waals surface area contributed by atoms with Gasteiger partial charge in [0, 0.05) is 32.7 Å². The van der Waals surface area contributed by atoms with Crippen molar-refractivity contribution in [3.63, 3.8) is 0 Å². The summed E-state index contributed by atoms with van der Waals surface area (Å²) in [5.74, 6) is 2.99. The van der Waals surface area contributed by atoms with Gasteiger partial charge in [0.25, 0.3) is 0 Å². The molecule has 3 unspecified atom stereocenters. The second kappa shape index (κ2) is 7.99. The molecule has 1 aliphatic carbocycles. The van der Waals surface area contributed by atoms with Gasteiger partial charge < -0.3 is 15.1 Å². The number of guanidine groups is 1. The summed E-state index contributed by atoms with van der Waals surface area (Å²) in [6, 6.07) is 0.691. The topological polar surface area (TPSA) is 30.9 Å². The predicted octanol–water partition coefficient (Wildman–Crippen LogP) is 2.40. The molecule has 5 heteroatoms. The van der Waals surface area contributed by atoms with Gasteiger partial charge in [0.2, 0.25) is 0 Å². The highest BCUT2D eigenvalue weighted by atomic mass is 127. The summed E-state index contributed by atoms with van der Waals surface area (Å²) in [7, 11) is 4.18. The zero-order valence-corrected chi connectivity index (χ0v) is 15.9. The van der Waals surface area contributed by atoms with E-state index in [1.165, 1.54) is 58.2 Å². The molecule has 0 aromatic carbocycles. The molecule has 3 rings (SSSR count). The summed E-state index contributed by atoms with van der Waals surface area (Å²) in [5.41, 5.74) is 0. The molecule has 0 bridgehead atoms. The summed E-state index contributed by atoms with van der Waals surface area (Å²) in [5, 5.41) is 3.63. The first-order valence-electron chi connectivity index (χ1n) is 8.43. The molecular formula is C16H31IN4. The Bertz CT molecular complexity index is 346. The fourth-order valence-electron chi connectivity index (χ4n) is 4.36. The molecule has 0 spiro atoms. The number of fused-ring (bicyclic) bond motifs is 1. The van der Waals surface area contributed by atoms with Crippen LogP contribution in [0.1, 0.15) is 38.5 Å². The Kier molecular flexibility index (Phi) is 6.59. The van der Waals surface area contributed by atoms with Crippen LogP contribution in [-0.4, -0.2) is 62.1 Å². The van der Waals surface area contributed by atoms with Gasteiger partial charge in [-0.2, -0.15) is 0 Å². The number of likely N-dealkylation sites (tertiary alicyclic amines) is 2. The number of halogens is 1. The second-order valence-corrected chi connectivity index (χ2v) is 6.91. The number of aliphatic imine (C=N–C) groups is 1. The Labute approximate surface area is 146 Å². The maximum absolute atomic E-state index is 4.53. The molecule has 122 valence electrons. The minimum absolute atomic E-state index is 0. The number of rotatable bonds is 2. The van der Waals surface area contributed by atoms with Crippen molar-refractivity contribution in [3.05, 3.63) is 0 Å². The molecule has 4 nitrogen and oxygen atoms in total. The fraction of sp³-hybridized carbons (Fsp3) is 0.938. The average molecular weight is 406 g/mol. The highest BCUT2D eigenvalue weighted by Gasteiger charge is 2.35. The average Bonchev–Trinajstić information content (AvgIpc) is 3.06. The Morgan fingerprint density at radius 2 is 1.76 bits per heavy atom. The van der Waals surface area contributed by atoms with Gasteiger partial charge in [0.1, 0.15) is 0 Å². The third-order valence-corrected chi connectivity index (χ3v) is 5.65. The first-order valence-corrected chi connectivity index (χ1v) is 8.43. The van der Waals surface area contributed by atoms with Crippen LogP contribution in [0.15, 0.2) is 4.99 Å². The van der Waals surface area contributed by atoms with E-state index in [1.807, 2.05) is 7.05 Å². The van der Waals surface area contributed by atoms with Crippen LogP contribution < -0.4 is 5.32 Å². The third-order valence-electron chi connectivity index (χ3n) is 5.65. The monoisotopic (exact) mass is 406 g/mol. The molecule has 3 aliphatic rings. The molecule has 2 saturated heterocycles. The van der Waals surface area contributed by atoms with Gasteiger partial charge in [-0.3, -0.25) is 4.99 Å². The van der Waals surface area contributed by atoms with Crippen LogP contribution in [0, 0.1) is 11.8 Å². The van der Waals surface area contributed by atoms with Crippen molar-refractivity contribution in [2.45, 2.75) is 44.6 Å². The van der Waals surface area contributed by atoms with Crippen molar-refractivity contribution in [3.8, 4) is 0 Å². The summed E-state index contributed by atoms with van der Waals surface area (Å²) in [6.07, 6.45) is 8.41. The molecule has 0 amide bonds. The van der Waals surface area contributed by atoms with Gasteiger partial charge >= 0.3 is 0 Å². The largest absolute Gasteiger partial charge is 0.355 e. The molecule has 2 heterocycles. The molecule has 0 radical (unpaired) electrons. The molecule has 1 N–H and O–H groups in total. The van der Waals surface area contributed by atoms with E-state index in [9.17, 15) is 0 Å². The smallest absolute Gasteiger partial charge is 0.193 e. The lowest BCUT2D eigenvalue weighted by molar-refractivity contribution is 0.299. The van der Waals surface area contributed by atoms with Crippen molar-refractivity contribution in [1.82, 2.24) is 15.1 Å². The van der Waals surface area contributed by atoms with Crippen LogP contribution in [0.3, 0.4) is 0 Å². The lowest BCUT2D eigenvalue weighted by Crippen LogP contribution is -2.45. The molecular weight excluding hydrogens is 375 g/mol. The van der Waals surface area contributed by atoms with Gasteiger partial charge in [-0.25, -0.2) is 0 Å². The molecule has 3 atom stereocenters. The van der Waals surface area contributed by atoms with Crippen LogP contribution in [0.2, 0.25) is 0 Å². The molecule has 3 fully saturated rings. The van der Waals surface area contributed by atoms with Crippen LogP contribution in [0.5, 0.6) is 0 Å². The molecule has 0 aromatic heterocycles. The van der Waals surface area contributed by atoms with Crippen molar-refractivity contribution < 1.29 is 0 Å². The predicted molar refractivity (Wildman–Crippen MR) is 99.4 cm³/mol. The first kappa shape index (κ1) is 17.3. The van der Waals surface area contributed by atoms with Gasteiger partial charge in [-0.05, 0) is 51.1 Å². The summed E-state index contributed by atoms with van der Waals surface area (Å²) >= 11 is 0. The zero-order chi connectivity index (χ0) is 13.9. The molecule has 2 aliphatic heterocycles. The van der Waals surface area contributed by atoms with Gasteiger partial charge in [-0.1, -0.05) is 12.8 Å². The van der Waals surface area contributed by atoms with E-state index in [1.54, 1.807) is 0 Å². The Balaban J connectivity index is 0.00000161. The SMILES string of the molecule is CN=C(NCC1CCCN1C)N1CC2CCCCC2C1.I. The Hall–Kier alpha value is -0.0400. The standard InChI is InChI=1S/C16H30N4.HI/c1-17-16(18-10-15-8-5-9-19(15)2)20-11-13-6-3-4-7-14(13)12-20;/h13-15H,3-12H2,1-2H3,(H,17,18);1H. The van der Waals surface area contributed by atoms with Crippen molar-refractivity contribution >= 4 is 29.9 Å². The summed E-state index contributed by atoms with van der Waals surface area (Å²) in [4.78, 5) is 9.51. The van der Waals surface area contributed by atoms with Crippen LogP contribution in [0.4, 0.5) is 0 Å². The van der Waals surface area contributed by atoms with Crippen molar-refractivity contribution in [1.29, 1.82) is 0 Å². The van der Waals surface area contributed by atoms with Gasteiger partial charge in [-0.15, -0.1) is 24.0 Å². The lowest BCUT2D eigenvalue weighted by atomic mass is 9.82. The van der Waals surface area contributed by atoms with Crippen molar-refractivity contribution in [2.24, 2.45) is 16.8 Å². The van der Waals surface area contributed by atoms with E-state index in [-0.39, 0.29) is 24.0 Å². The maximum Gasteiger partial charge on any atom is 0.193 e. The van der Waals surface area contributed by atoms with Gasteiger partial charge in [0.05, 0.1) is 0 Å². The minimum Gasteiger partial charge on any atom is -0.355 e. The molecule has 0 aromatic rings. The minimum atomic E-state index is 0.